The van der Waals surface area contributed by atoms with Crippen LogP contribution in [0.25, 0.3) is 11.1 Å². The molecule has 1 unspecified atom stereocenters. The quantitative estimate of drug-likeness (QED) is 0.430. The van der Waals surface area contributed by atoms with Gasteiger partial charge in [-0.1, -0.05) is 70.5 Å². The fourth-order valence-electron chi connectivity index (χ4n) is 4.24. The molecular formula is C25H19BrN2O4. The Morgan fingerprint density at radius 2 is 1.62 bits per heavy atom. The van der Waals surface area contributed by atoms with Crippen molar-refractivity contribution in [3.8, 4) is 16.9 Å². The van der Waals surface area contributed by atoms with E-state index in [9.17, 15) is 14.4 Å². The molecule has 0 bridgehead atoms. The van der Waals surface area contributed by atoms with Crippen LogP contribution in [0.4, 0.5) is 4.79 Å². The summed E-state index contributed by atoms with van der Waals surface area (Å²) in [7, 11) is 0. The number of hydrogen-bond donors (Lipinski definition) is 1. The van der Waals surface area contributed by atoms with Crippen LogP contribution in [0.3, 0.4) is 0 Å². The highest BCUT2D eigenvalue weighted by molar-refractivity contribution is 9.10. The Hall–Kier alpha value is -3.45. The van der Waals surface area contributed by atoms with Crippen molar-refractivity contribution in [1.82, 2.24) is 10.2 Å². The maximum absolute atomic E-state index is 13.3. The summed E-state index contributed by atoms with van der Waals surface area (Å²) in [5.41, 5.74) is 1.89. The van der Waals surface area contributed by atoms with Gasteiger partial charge in [0, 0.05) is 22.0 Å². The van der Waals surface area contributed by atoms with Crippen molar-refractivity contribution in [3.05, 3.63) is 88.4 Å². The Balaban J connectivity index is 1.36. The SMILES string of the molecule is O=C(CN1C(=O)NC2(CCOc3ccccc32)C1=O)c1ccc(-c2ccc(Br)cc2)cc1. The van der Waals surface area contributed by atoms with E-state index in [2.05, 4.69) is 21.2 Å². The van der Waals surface area contributed by atoms with E-state index >= 15 is 0 Å². The summed E-state index contributed by atoms with van der Waals surface area (Å²) in [6.45, 7) is -0.00455. The number of nitrogens with one attached hydrogen (secondary N) is 1. The molecular weight excluding hydrogens is 472 g/mol. The van der Waals surface area contributed by atoms with Gasteiger partial charge in [-0.05, 0) is 29.3 Å². The first-order valence-electron chi connectivity index (χ1n) is 10.2. The minimum Gasteiger partial charge on any atom is -0.493 e. The fourth-order valence-corrected chi connectivity index (χ4v) is 4.51. The lowest BCUT2D eigenvalue weighted by molar-refractivity contribution is -0.132. The summed E-state index contributed by atoms with van der Waals surface area (Å²) in [6.07, 6.45) is 0.321. The Kier molecular flexibility index (Phi) is 5.06. The Morgan fingerprint density at radius 1 is 0.969 bits per heavy atom. The highest BCUT2D eigenvalue weighted by Crippen LogP contribution is 2.41. The molecule has 160 valence electrons. The molecule has 3 aromatic rings. The molecule has 2 aliphatic heterocycles. The van der Waals surface area contributed by atoms with Crippen LogP contribution in [0, 0.1) is 0 Å². The Morgan fingerprint density at radius 3 is 2.34 bits per heavy atom. The van der Waals surface area contributed by atoms with Gasteiger partial charge in [-0.25, -0.2) is 4.79 Å². The number of nitrogens with zero attached hydrogens (tertiary/aromatic N) is 1. The number of rotatable bonds is 4. The first-order valence-corrected chi connectivity index (χ1v) is 11.0. The number of ether oxygens (including phenoxy) is 1. The maximum atomic E-state index is 13.3. The van der Waals surface area contributed by atoms with Crippen LogP contribution < -0.4 is 10.1 Å². The number of hydrogen-bond acceptors (Lipinski definition) is 4. The van der Waals surface area contributed by atoms with Crippen molar-refractivity contribution < 1.29 is 19.1 Å². The second-order valence-corrected chi connectivity index (χ2v) is 8.74. The first-order chi connectivity index (χ1) is 15.5. The highest BCUT2D eigenvalue weighted by atomic mass is 79.9. The molecule has 3 aromatic carbocycles. The van der Waals surface area contributed by atoms with Crippen LogP contribution in [0.15, 0.2) is 77.3 Å². The lowest BCUT2D eigenvalue weighted by atomic mass is 9.84. The van der Waals surface area contributed by atoms with Gasteiger partial charge in [0.25, 0.3) is 5.91 Å². The van der Waals surface area contributed by atoms with Gasteiger partial charge in [-0.3, -0.25) is 14.5 Å². The van der Waals surface area contributed by atoms with Gasteiger partial charge in [0.1, 0.15) is 5.75 Å². The average molecular weight is 491 g/mol. The number of carbonyl (C=O) groups excluding carboxylic acids is 3. The minimum absolute atomic E-state index is 0.298. The van der Waals surface area contributed by atoms with Crippen LogP contribution in [0.2, 0.25) is 0 Å². The monoisotopic (exact) mass is 490 g/mol. The normalized spacial score (nSPS) is 19.5. The zero-order chi connectivity index (χ0) is 22.3. The van der Waals surface area contributed by atoms with Crippen molar-refractivity contribution in [2.24, 2.45) is 0 Å². The van der Waals surface area contributed by atoms with Gasteiger partial charge in [0.2, 0.25) is 0 Å². The number of para-hydroxylation sites is 1. The van der Waals surface area contributed by atoms with Crippen molar-refractivity contribution in [2.75, 3.05) is 13.2 Å². The zero-order valence-electron chi connectivity index (χ0n) is 17.0. The van der Waals surface area contributed by atoms with Gasteiger partial charge in [-0.15, -0.1) is 0 Å². The Bertz CT molecular complexity index is 1220. The summed E-state index contributed by atoms with van der Waals surface area (Å²) in [5.74, 6) is -0.143. The molecule has 3 amide bonds. The highest BCUT2D eigenvalue weighted by Gasteiger charge is 2.55. The van der Waals surface area contributed by atoms with E-state index in [4.69, 9.17) is 4.74 Å². The summed E-state index contributed by atoms with van der Waals surface area (Å²) < 4.78 is 6.63. The van der Waals surface area contributed by atoms with Crippen LogP contribution in [-0.4, -0.2) is 35.8 Å². The number of fused-ring (bicyclic) bond motifs is 2. The molecule has 6 nitrogen and oxygen atoms in total. The lowest BCUT2D eigenvalue weighted by Crippen LogP contribution is -2.47. The lowest BCUT2D eigenvalue weighted by Gasteiger charge is -2.33. The van der Waals surface area contributed by atoms with Crippen LogP contribution in [0.1, 0.15) is 22.3 Å². The molecule has 1 fully saturated rings. The smallest absolute Gasteiger partial charge is 0.325 e. The number of Topliss-reactive ketones (excluding diaryl/α,β-unsaturated/α-hetero) is 1. The van der Waals surface area contributed by atoms with E-state index in [-0.39, 0.29) is 12.3 Å². The summed E-state index contributed by atoms with van der Waals surface area (Å²) in [6, 6.07) is 21.6. The van der Waals surface area contributed by atoms with Gasteiger partial charge in [0.05, 0.1) is 13.2 Å². The molecule has 1 saturated heterocycles. The number of imide groups is 1. The predicted octanol–water partition coefficient (Wildman–Crippen LogP) is 4.53. The van der Waals surface area contributed by atoms with E-state index in [1.807, 2.05) is 42.5 Å². The molecule has 1 N–H and O–H groups in total. The van der Waals surface area contributed by atoms with Crippen LogP contribution in [-0.2, 0) is 10.3 Å². The maximum Gasteiger partial charge on any atom is 0.325 e. The van der Waals surface area contributed by atoms with E-state index < -0.39 is 17.5 Å². The first kappa shape index (κ1) is 20.5. The topological polar surface area (TPSA) is 75.7 Å². The molecule has 5 rings (SSSR count). The third kappa shape index (κ3) is 3.39. The summed E-state index contributed by atoms with van der Waals surface area (Å²) in [4.78, 5) is 39.9. The molecule has 0 saturated carbocycles. The Labute approximate surface area is 193 Å². The van der Waals surface area contributed by atoms with Gasteiger partial charge in [-0.2, -0.15) is 0 Å². The minimum atomic E-state index is -1.18. The van der Waals surface area contributed by atoms with Crippen LogP contribution in [0.5, 0.6) is 5.75 Å². The number of urea groups is 1. The second kappa shape index (κ2) is 7.91. The zero-order valence-corrected chi connectivity index (χ0v) is 18.6. The number of ketones is 1. The average Bonchev–Trinajstić information content (AvgIpc) is 3.04. The number of amides is 3. The molecule has 1 spiro atoms. The molecule has 2 aliphatic rings. The van der Waals surface area contributed by atoms with Crippen molar-refractivity contribution in [3.63, 3.8) is 0 Å². The summed E-state index contributed by atoms with van der Waals surface area (Å²) in [5, 5.41) is 2.82. The largest absolute Gasteiger partial charge is 0.493 e. The second-order valence-electron chi connectivity index (χ2n) is 7.83. The predicted molar refractivity (Wildman–Crippen MR) is 122 cm³/mol. The molecule has 32 heavy (non-hydrogen) atoms. The number of halogens is 1. The van der Waals surface area contributed by atoms with Crippen LogP contribution >= 0.6 is 15.9 Å². The third-order valence-corrected chi connectivity index (χ3v) is 6.47. The number of carbonyl (C=O) groups is 3. The van der Waals surface area contributed by atoms with Gasteiger partial charge >= 0.3 is 6.03 Å². The molecule has 0 aromatic heterocycles. The van der Waals surface area contributed by atoms with Gasteiger partial charge in [0.15, 0.2) is 11.3 Å². The molecule has 7 heteroatoms. The van der Waals surface area contributed by atoms with E-state index in [0.717, 1.165) is 20.5 Å². The number of benzene rings is 3. The van der Waals surface area contributed by atoms with E-state index in [0.29, 0.717) is 29.9 Å². The third-order valence-electron chi connectivity index (χ3n) is 5.94. The molecule has 0 radical (unpaired) electrons. The van der Waals surface area contributed by atoms with Crippen molar-refractivity contribution in [2.45, 2.75) is 12.0 Å². The molecule has 2 heterocycles. The summed E-state index contributed by atoms with van der Waals surface area (Å²) >= 11 is 3.42. The van der Waals surface area contributed by atoms with Crippen molar-refractivity contribution in [1.29, 1.82) is 0 Å². The van der Waals surface area contributed by atoms with E-state index in [1.165, 1.54) is 0 Å². The van der Waals surface area contributed by atoms with Gasteiger partial charge < -0.3 is 10.1 Å². The fraction of sp³-hybridized carbons (Fsp3) is 0.160. The van der Waals surface area contributed by atoms with E-state index in [1.54, 1.807) is 30.3 Å². The molecule has 1 atom stereocenters. The van der Waals surface area contributed by atoms with Crippen molar-refractivity contribution >= 4 is 33.7 Å². The standard InChI is InChI=1S/C25H19BrN2O4/c26-19-11-9-17(10-12-19)16-5-7-18(8-6-16)21(29)15-28-23(30)25(27-24(28)31)13-14-32-22-4-2-1-3-20(22)25/h1-12H,13-15H2,(H,27,31). The molecule has 0 aliphatic carbocycles.